The van der Waals surface area contributed by atoms with E-state index in [2.05, 4.69) is 16.0 Å². The summed E-state index contributed by atoms with van der Waals surface area (Å²) in [5.74, 6) is 1.62. The molecule has 0 unspecified atom stereocenters. The quantitative estimate of drug-likeness (QED) is 0.750. The van der Waals surface area contributed by atoms with Gasteiger partial charge in [0.15, 0.2) is 0 Å². The van der Waals surface area contributed by atoms with Crippen LogP contribution in [-0.2, 0) is 6.54 Å². The highest BCUT2D eigenvalue weighted by Gasteiger charge is 2.23. The molecule has 0 aliphatic heterocycles. The van der Waals surface area contributed by atoms with Crippen LogP contribution in [0.15, 0.2) is 4.42 Å². The van der Waals surface area contributed by atoms with E-state index in [1.54, 1.807) is 0 Å². The van der Waals surface area contributed by atoms with Gasteiger partial charge in [0, 0.05) is 6.04 Å². The molecule has 4 nitrogen and oxygen atoms in total. The minimum absolute atomic E-state index is 0.463. The topological polar surface area (TPSA) is 53.1 Å². The molecule has 0 amide bonds. The Morgan fingerprint density at radius 1 is 1.41 bits per heavy atom. The third kappa shape index (κ3) is 2.86. The monoisotopic (exact) mass is 233 g/mol. The fraction of sp³-hybridized carbons (Fsp3) is 0.692. The lowest BCUT2D eigenvalue weighted by atomic mass is 10.2. The Hall–Kier alpha value is -1.34. The number of nitriles is 1. The molecular formula is C13H19N3O. The van der Waals surface area contributed by atoms with Gasteiger partial charge < -0.3 is 4.42 Å². The minimum Gasteiger partial charge on any atom is -0.444 e. The normalized spacial score (nSPS) is 16.6. The molecular weight excluding hydrogens is 214 g/mol. The first-order valence-corrected chi connectivity index (χ1v) is 6.24. The van der Waals surface area contributed by atoms with Gasteiger partial charge >= 0.3 is 0 Å². The van der Waals surface area contributed by atoms with Crippen molar-refractivity contribution in [2.24, 2.45) is 0 Å². The molecule has 0 atom stereocenters. The van der Waals surface area contributed by atoms with Crippen LogP contribution in [0.3, 0.4) is 0 Å². The van der Waals surface area contributed by atoms with Crippen molar-refractivity contribution in [1.29, 1.82) is 5.26 Å². The summed E-state index contributed by atoms with van der Waals surface area (Å²) in [5.41, 5.74) is 0.948. The molecule has 0 aromatic carbocycles. The summed E-state index contributed by atoms with van der Waals surface area (Å²) in [5, 5.41) is 8.89. The largest absolute Gasteiger partial charge is 0.444 e. The zero-order valence-electron chi connectivity index (χ0n) is 10.6. The maximum atomic E-state index is 8.89. The molecule has 1 aliphatic rings. The number of hydrogen-bond acceptors (Lipinski definition) is 4. The van der Waals surface area contributed by atoms with Crippen molar-refractivity contribution in [1.82, 2.24) is 9.88 Å². The lowest BCUT2D eigenvalue weighted by Crippen LogP contribution is -2.33. The summed E-state index contributed by atoms with van der Waals surface area (Å²) in [6, 6.07) is 2.77. The van der Waals surface area contributed by atoms with Crippen LogP contribution in [0, 0.1) is 25.2 Å². The Morgan fingerprint density at radius 2 is 2.12 bits per heavy atom. The second-order valence-electron chi connectivity index (χ2n) is 4.75. The molecule has 1 aromatic heterocycles. The molecule has 17 heavy (non-hydrogen) atoms. The van der Waals surface area contributed by atoms with Gasteiger partial charge in [-0.15, -0.1) is 0 Å². The van der Waals surface area contributed by atoms with Gasteiger partial charge in [-0.3, -0.25) is 4.90 Å². The Morgan fingerprint density at radius 3 is 2.65 bits per heavy atom. The lowest BCUT2D eigenvalue weighted by Gasteiger charge is -2.24. The van der Waals surface area contributed by atoms with Crippen molar-refractivity contribution in [3.8, 4) is 6.07 Å². The van der Waals surface area contributed by atoms with Crippen LogP contribution in [0.4, 0.5) is 0 Å². The molecule has 0 bridgehead atoms. The van der Waals surface area contributed by atoms with E-state index < -0.39 is 0 Å². The summed E-state index contributed by atoms with van der Waals surface area (Å²) >= 11 is 0. The molecule has 0 N–H and O–H groups in total. The molecule has 92 valence electrons. The summed E-state index contributed by atoms with van der Waals surface area (Å²) in [4.78, 5) is 6.58. The third-order valence-electron chi connectivity index (χ3n) is 3.53. The van der Waals surface area contributed by atoms with E-state index >= 15 is 0 Å². The third-order valence-corrected chi connectivity index (χ3v) is 3.53. The fourth-order valence-electron chi connectivity index (χ4n) is 2.45. The smallest absolute Gasteiger partial charge is 0.208 e. The van der Waals surface area contributed by atoms with E-state index in [0.717, 1.165) is 17.3 Å². The Balaban J connectivity index is 2.04. The predicted octanol–water partition coefficient (Wildman–Crippen LogP) is 2.56. The Kier molecular flexibility index (Phi) is 3.80. The number of aryl methyl sites for hydroxylation is 2. The van der Waals surface area contributed by atoms with Gasteiger partial charge in [-0.05, 0) is 26.7 Å². The van der Waals surface area contributed by atoms with Crippen molar-refractivity contribution < 1.29 is 4.42 Å². The average molecular weight is 233 g/mol. The van der Waals surface area contributed by atoms with Crippen LogP contribution in [-0.4, -0.2) is 22.5 Å². The minimum atomic E-state index is 0.463. The number of hydrogen-bond donors (Lipinski definition) is 0. The first kappa shape index (κ1) is 12.1. The van der Waals surface area contributed by atoms with Gasteiger partial charge in [0.05, 0.1) is 24.9 Å². The number of oxazole rings is 1. The van der Waals surface area contributed by atoms with Crippen LogP contribution < -0.4 is 0 Å². The van der Waals surface area contributed by atoms with Gasteiger partial charge in [0.25, 0.3) is 0 Å². The maximum absolute atomic E-state index is 8.89. The molecule has 0 radical (unpaired) electrons. The van der Waals surface area contributed by atoms with Crippen molar-refractivity contribution in [2.45, 2.75) is 52.1 Å². The average Bonchev–Trinajstić information content (AvgIpc) is 2.89. The fourth-order valence-corrected chi connectivity index (χ4v) is 2.45. The van der Waals surface area contributed by atoms with Crippen LogP contribution in [0.5, 0.6) is 0 Å². The number of aromatic nitrogens is 1. The standard InChI is InChI=1S/C13H19N3O/c1-10-11(2)17-13(15-10)9-16(8-7-14)12-5-3-4-6-12/h12H,3-6,8-9H2,1-2H3. The highest BCUT2D eigenvalue weighted by atomic mass is 16.4. The molecule has 0 spiro atoms. The van der Waals surface area contributed by atoms with Gasteiger partial charge in [-0.1, -0.05) is 12.8 Å². The van der Waals surface area contributed by atoms with Gasteiger partial charge in [-0.25, -0.2) is 4.98 Å². The first-order chi connectivity index (χ1) is 8.20. The van der Waals surface area contributed by atoms with E-state index in [-0.39, 0.29) is 0 Å². The zero-order valence-corrected chi connectivity index (χ0v) is 10.6. The second kappa shape index (κ2) is 5.33. The summed E-state index contributed by atoms with van der Waals surface area (Å²) in [6.07, 6.45) is 4.94. The van der Waals surface area contributed by atoms with Gasteiger partial charge in [0.1, 0.15) is 5.76 Å². The van der Waals surface area contributed by atoms with Crippen LogP contribution in [0.2, 0.25) is 0 Å². The maximum Gasteiger partial charge on any atom is 0.208 e. The molecule has 1 aliphatic carbocycles. The first-order valence-electron chi connectivity index (χ1n) is 6.24. The molecule has 1 heterocycles. The summed E-state index contributed by atoms with van der Waals surface area (Å²) < 4.78 is 5.59. The molecule has 1 saturated carbocycles. The molecule has 1 aromatic rings. The van der Waals surface area contributed by atoms with Crippen molar-refractivity contribution in [3.63, 3.8) is 0 Å². The van der Waals surface area contributed by atoms with Crippen LogP contribution >= 0.6 is 0 Å². The molecule has 1 fully saturated rings. The van der Waals surface area contributed by atoms with E-state index in [1.807, 2.05) is 13.8 Å². The summed E-state index contributed by atoms with van der Waals surface area (Å²) in [6.45, 7) is 5.00. The summed E-state index contributed by atoms with van der Waals surface area (Å²) in [7, 11) is 0. The van der Waals surface area contributed by atoms with Crippen LogP contribution in [0.1, 0.15) is 43.0 Å². The van der Waals surface area contributed by atoms with Crippen molar-refractivity contribution >= 4 is 0 Å². The zero-order chi connectivity index (χ0) is 12.3. The number of rotatable bonds is 4. The van der Waals surface area contributed by atoms with Gasteiger partial charge in [-0.2, -0.15) is 5.26 Å². The van der Waals surface area contributed by atoms with E-state index in [0.29, 0.717) is 19.1 Å². The highest BCUT2D eigenvalue weighted by Crippen LogP contribution is 2.24. The van der Waals surface area contributed by atoms with E-state index in [1.165, 1.54) is 25.7 Å². The molecule has 2 rings (SSSR count). The molecule has 4 heteroatoms. The Labute approximate surface area is 102 Å². The Bertz CT molecular complexity index is 393. The predicted molar refractivity (Wildman–Crippen MR) is 64.3 cm³/mol. The molecule has 0 saturated heterocycles. The SMILES string of the molecule is Cc1nc(CN(CC#N)C2CCCC2)oc1C. The number of nitrogens with zero attached hydrogens (tertiary/aromatic N) is 3. The lowest BCUT2D eigenvalue weighted by molar-refractivity contribution is 0.193. The van der Waals surface area contributed by atoms with E-state index in [9.17, 15) is 0 Å². The van der Waals surface area contributed by atoms with Crippen molar-refractivity contribution in [3.05, 3.63) is 17.3 Å². The van der Waals surface area contributed by atoms with Gasteiger partial charge in [0.2, 0.25) is 5.89 Å². The highest BCUT2D eigenvalue weighted by molar-refractivity contribution is 5.05. The van der Waals surface area contributed by atoms with Crippen LogP contribution in [0.25, 0.3) is 0 Å². The van der Waals surface area contributed by atoms with E-state index in [4.69, 9.17) is 9.68 Å². The second-order valence-corrected chi connectivity index (χ2v) is 4.75. The van der Waals surface area contributed by atoms with Crippen molar-refractivity contribution in [2.75, 3.05) is 6.54 Å².